The van der Waals surface area contributed by atoms with E-state index in [9.17, 15) is 33.8 Å². The number of nitrogens with one attached hydrogen (secondary N) is 1. The predicted molar refractivity (Wildman–Crippen MR) is 124 cm³/mol. The van der Waals surface area contributed by atoms with Gasteiger partial charge in [-0.3, -0.25) is 14.5 Å². The Morgan fingerprint density at radius 3 is 2.18 bits per heavy atom. The third kappa shape index (κ3) is 7.53. The topological polar surface area (TPSA) is 161 Å². The van der Waals surface area contributed by atoms with Crippen LogP contribution in [0.15, 0.2) is 53.1 Å². The number of hydrogen-bond acceptors (Lipinski definition) is 5. The standard InChI is InChI=1S/C22H30N3O8P/c1-15(2)12-18(24(34(30,31)32)14-23-16(3)26)21(27)25(20-10-7-11-33-20)19(22(28)29)13-17-8-5-4-6-9-17/h4-11,15,18-19H,12-14H2,1-3H3,(H,23,26)(H,28,29)(H2,30,31,32). The van der Waals surface area contributed by atoms with E-state index in [1.165, 1.54) is 25.3 Å². The van der Waals surface area contributed by atoms with Gasteiger partial charge in [-0.15, -0.1) is 0 Å². The number of furan rings is 1. The van der Waals surface area contributed by atoms with Crippen LogP contribution in [-0.2, 0) is 25.4 Å². The molecule has 2 unspecified atom stereocenters. The molecule has 1 heterocycles. The van der Waals surface area contributed by atoms with Gasteiger partial charge in [0, 0.05) is 19.4 Å². The third-order valence-corrected chi connectivity index (χ3v) is 6.10. The number of nitrogens with zero attached hydrogens (tertiary/aromatic N) is 2. The molecule has 11 nitrogen and oxygen atoms in total. The maximum atomic E-state index is 13.9. The lowest BCUT2D eigenvalue weighted by molar-refractivity contribution is -0.140. The Balaban J connectivity index is 2.56. The van der Waals surface area contributed by atoms with Crippen molar-refractivity contribution in [1.29, 1.82) is 0 Å². The van der Waals surface area contributed by atoms with E-state index in [0.29, 0.717) is 10.2 Å². The highest BCUT2D eigenvalue weighted by molar-refractivity contribution is 7.49. The largest absolute Gasteiger partial charge is 0.480 e. The molecule has 0 radical (unpaired) electrons. The molecule has 34 heavy (non-hydrogen) atoms. The lowest BCUT2D eigenvalue weighted by atomic mass is 10.00. The van der Waals surface area contributed by atoms with Gasteiger partial charge in [0.15, 0.2) is 0 Å². The van der Waals surface area contributed by atoms with Crippen molar-refractivity contribution in [3.05, 3.63) is 54.3 Å². The number of carboxylic acid groups (broad SMARTS) is 1. The first-order valence-corrected chi connectivity index (χ1v) is 12.2. The van der Waals surface area contributed by atoms with E-state index in [2.05, 4.69) is 5.32 Å². The smallest absolute Gasteiger partial charge is 0.405 e. The average molecular weight is 495 g/mol. The number of anilines is 1. The maximum Gasteiger partial charge on any atom is 0.405 e. The van der Waals surface area contributed by atoms with Gasteiger partial charge in [-0.25, -0.2) is 9.36 Å². The van der Waals surface area contributed by atoms with Crippen LogP contribution in [0.3, 0.4) is 0 Å². The molecule has 2 rings (SSSR count). The summed E-state index contributed by atoms with van der Waals surface area (Å²) < 4.78 is 18.3. The van der Waals surface area contributed by atoms with Crippen LogP contribution in [-0.4, -0.2) is 56.1 Å². The highest BCUT2D eigenvalue weighted by Crippen LogP contribution is 2.43. The summed E-state index contributed by atoms with van der Waals surface area (Å²) in [6, 6.07) is 8.68. The minimum atomic E-state index is -5.04. The molecular formula is C22H30N3O8P. The number of carbonyl (C=O) groups excluding carboxylic acids is 2. The Morgan fingerprint density at radius 1 is 1.06 bits per heavy atom. The van der Waals surface area contributed by atoms with E-state index in [1.807, 2.05) is 0 Å². The molecule has 2 aromatic rings. The van der Waals surface area contributed by atoms with Crippen LogP contribution in [0.1, 0.15) is 32.8 Å². The fourth-order valence-electron chi connectivity index (χ4n) is 3.48. The van der Waals surface area contributed by atoms with Gasteiger partial charge in [-0.1, -0.05) is 44.2 Å². The number of aliphatic carboxylic acids is 1. The van der Waals surface area contributed by atoms with Crippen LogP contribution in [0.25, 0.3) is 0 Å². The summed E-state index contributed by atoms with van der Waals surface area (Å²) in [6.07, 6.45) is 1.18. The second-order valence-electron chi connectivity index (χ2n) is 8.19. The van der Waals surface area contributed by atoms with Crippen molar-refractivity contribution in [1.82, 2.24) is 9.99 Å². The van der Waals surface area contributed by atoms with Gasteiger partial charge in [-0.05, 0) is 24.0 Å². The second kappa shape index (κ2) is 11.9. The fraction of sp³-hybridized carbons (Fsp3) is 0.409. The molecule has 0 aliphatic carbocycles. The molecule has 1 aromatic heterocycles. The highest BCUT2D eigenvalue weighted by Gasteiger charge is 2.43. The van der Waals surface area contributed by atoms with E-state index in [4.69, 9.17) is 4.42 Å². The van der Waals surface area contributed by atoms with Crippen molar-refractivity contribution in [2.75, 3.05) is 11.6 Å². The van der Waals surface area contributed by atoms with Crippen LogP contribution in [0.5, 0.6) is 0 Å². The predicted octanol–water partition coefficient (Wildman–Crippen LogP) is 2.21. The molecule has 2 amide bonds. The monoisotopic (exact) mass is 495 g/mol. The number of carbonyl (C=O) groups is 3. The zero-order valence-corrected chi connectivity index (χ0v) is 20.1. The number of hydrogen-bond donors (Lipinski definition) is 4. The summed E-state index contributed by atoms with van der Waals surface area (Å²) >= 11 is 0. The summed E-state index contributed by atoms with van der Waals surface area (Å²) in [5.74, 6) is -3.02. The van der Waals surface area contributed by atoms with E-state index in [1.54, 1.807) is 44.2 Å². The van der Waals surface area contributed by atoms with E-state index in [0.717, 1.165) is 4.90 Å². The van der Waals surface area contributed by atoms with Gasteiger partial charge in [0.25, 0.3) is 0 Å². The third-order valence-electron chi connectivity index (χ3n) is 5.01. The first-order chi connectivity index (χ1) is 15.9. The molecule has 0 aliphatic rings. The van der Waals surface area contributed by atoms with Gasteiger partial charge in [0.1, 0.15) is 12.1 Å². The van der Waals surface area contributed by atoms with Gasteiger partial charge in [-0.2, -0.15) is 4.67 Å². The van der Waals surface area contributed by atoms with E-state index >= 15 is 0 Å². The minimum absolute atomic E-state index is 0.0155. The highest BCUT2D eigenvalue weighted by atomic mass is 31.2. The molecule has 2 atom stereocenters. The summed E-state index contributed by atoms with van der Waals surface area (Å²) in [6.45, 7) is 4.08. The fourth-order valence-corrected chi connectivity index (χ4v) is 4.29. The van der Waals surface area contributed by atoms with E-state index in [-0.39, 0.29) is 24.6 Å². The number of amides is 2. The molecule has 0 saturated heterocycles. The summed E-state index contributed by atoms with van der Waals surface area (Å²) in [5, 5.41) is 12.3. The first kappa shape index (κ1) is 27.3. The quantitative estimate of drug-likeness (QED) is 0.256. The van der Waals surface area contributed by atoms with Crippen molar-refractivity contribution in [2.24, 2.45) is 5.92 Å². The van der Waals surface area contributed by atoms with Crippen molar-refractivity contribution in [3.8, 4) is 0 Å². The molecular weight excluding hydrogens is 465 g/mol. The normalized spacial score (nSPS) is 13.5. The van der Waals surface area contributed by atoms with Crippen LogP contribution in [0.4, 0.5) is 5.88 Å². The van der Waals surface area contributed by atoms with Crippen molar-refractivity contribution < 1.29 is 38.3 Å². The Kier molecular flexibility index (Phi) is 9.57. The van der Waals surface area contributed by atoms with Crippen LogP contribution >= 0.6 is 7.75 Å². The lowest BCUT2D eigenvalue weighted by Crippen LogP contribution is -2.56. The van der Waals surface area contributed by atoms with Gasteiger partial charge in [0.2, 0.25) is 17.7 Å². The summed E-state index contributed by atoms with van der Waals surface area (Å²) in [7, 11) is -5.04. The van der Waals surface area contributed by atoms with Crippen molar-refractivity contribution >= 4 is 31.4 Å². The summed E-state index contributed by atoms with van der Waals surface area (Å²) in [5.41, 5.74) is 0.643. The molecule has 0 aliphatic heterocycles. The Labute approximate surface area is 197 Å². The van der Waals surface area contributed by atoms with E-state index < -0.39 is 44.3 Å². The van der Waals surface area contributed by atoms with Crippen molar-refractivity contribution in [2.45, 2.75) is 45.7 Å². The Morgan fingerprint density at radius 2 is 1.71 bits per heavy atom. The zero-order valence-electron chi connectivity index (χ0n) is 19.2. The zero-order chi connectivity index (χ0) is 25.5. The second-order valence-corrected chi connectivity index (χ2v) is 9.73. The number of rotatable bonds is 12. The Hall–Kier alpha value is -2.98. The van der Waals surface area contributed by atoms with Gasteiger partial charge >= 0.3 is 13.7 Å². The van der Waals surface area contributed by atoms with Crippen LogP contribution < -0.4 is 10.2 Å². The molecule has 0 fully saturated rings. The number of benzene rings is 1. The maximum absolute atomic E-state index is 13.9. The number of carboxylic acids is 1. The molecule has 4 N–H and O–H groups in total. The minimum Gasteiger partial charge on any atom is -0.480 e. The molecule has 186 valence electrons. The Bertz CT molecular complexity index is 1010. The lowest BCUT2D eigenvalue weighted by Gasteiger charge is -2.36. The molecule has 12 heteroatoms. The van der Waals surface area contributed by atoms with Crippen LogP contribution in [0, 0.1) is 5.92 Å². The average Bonchev–Trinajstić information content (AvgIpc) is 3.26. The first-order valence-electron chi connectivity index (χ1n) is 10.6. The molecule has 1 aromatic carbocycles. The van der Waals surface area contributed by atoms with Crippen LogP contribution in [0.2, 0.25) is 0 Å². The van der Waals surface area contributed by atoms with Gasteiger partial charge in [0.05, 0.1) is 12.9 Å². The summed E-state index contributed by atoms with van der Waals surface area (Å²) in [4.78, 5) is 58.5. The van der Waals surface area contributed by atoms with Crippen molar-refractivity contribution in [3.63, 3.8) is 0 Å². The molecule has 0 bridgehead atoms. The SMILES string of the molecule is CC(=O)NCN(C(CC(C)C)C(=O)N(c1ccco1)C(Cc1ccccc1)C(=O)O)P(=O)(O)O. The molecule has 0 saturated carbocycles. The van der Waals surface area contributed by atoms with Gasteiger partial charge < -0.3 is 24.6 Å². The molecule has 0 spiro atoms.